The summed E-state index contributed by atoms with van der Waals surface area (Å²) in [5, 5.41) is 17.6. The van der Waals surface area contributed by atoms with Gasteiger partial charge in [0.15, 0.2) is 11.3 Å². The molecular formula is C22H33N7O2. The Morgan fingerprint density at radius 1 is 1.16 bits per heavy atom. The average Bonchev–Trinajstić information content (AvgIpc) is 3.17. The van der Waals surface area contributed by atoms with Gasteiger partial charge in [-0.1, -0.05) is 37.6 Å². The van der Waals surface area contributed by atoms with E-state index in [1.54, 1.807) is 7.11 Å². The van der Waals surface area contributed by atoms with Crippen molar-refractivity contribution in [3.8, 4) is 0 Å². The van der Waals surface area contributed by atoms with Crippen LogP contribution in [-0.2, 0) is 17.8 Å². The quantitative estimate of drug-likeness (QED) is 0.354. The molecule has 0 aliphatic heterocycles. The predicted molar refractivity (Wildman–Crippen MR) is 123 cm³/mol. The molecule has 0 unspecified atom stereocenters. The molecule has 0 saturated carbocycles. The lowest BCUT2D eigenvalue weighted by molar-refractivity contribution is 0.199. The molecule has 0 aliphatic rings. The molecule has 2 heterocycles. The number of aliphatic hydroxyl groups excluding tert-OH is 1. The summed E-state index contributed by atoms with van der Waals surface area (Å²) >= 11 is 0. The van der Waals surface area contributed by atoms with Crippen LogP contribution >= 0.6 is 0 Å². The summed E-state index contributed by atoms with van der Waals surface area (Å²) in [6.07, 6.45) is 3.95. The molecule has 0 aliphatic carbocycles. The maximum atomic E-state index is 9.49. The highest BCUT2D eigenvalue weighted by atomic mass is 16.5. The van der Waals surface area contributed by atoms with Gasteiger partial charge in [-0.2, -0.15) is 10.1 Å². The normalized spacial score (nSPS) is 11.3. The van der Waals surface area contributed by atoms with Gasteiger partial charge in [0.1, 0.15) is 5.52 Å². The molecule has 31 heavy (non-hydrogen) atoms. The smallest absolute Gasteiger partial charge is 0.222 e. The van der Waals surface area contributed by atoms with E-state index in [0.29, 0.717) is 36.5 Å². The Kier molecular flexibility index (Phi) is 8.57. The highest BCUT2D eigenvalue weighted by Crippen LogP contribution is 2.24. The molecule has 9 heteroatoms. The van der Waals surface area contributed by atoms with Crippen LogP contribution in [0.15, 0.2) is 30.5 Å². The maximum absolute atomic E-state index is 9.49. The molecule has 0 amide bonds. The number of hydrogen-bond donors (Lipinski definition) is 3. The number of aliphatic hydroxyl groups is 1. The van der Waals surface area contributed by atoms with Gasteiger partial charge >= 0.3 is 0 Å². The third-order valence-electron chi connectivity index (χ3n) is 5.04. The molecule has 168 valence electrons. The number of nitrogen functional groups attached to an aromatic ring is 1. The Labute approximate surface area is 183 Å². The Bertz CT molecular complexity index is 943. The number of nitrogens with two attached hydrogens (primary N) is 1. The molecule has 0 atom stereocenters. The number of hydrogen-bond acceptors (Lipinski definition) is 8. The minimum absolute atomic E-state index is 0.0441. The number of nitrogens with zero attached hydrogens (tertiary/aromatic N) is 5. The van der Waals surface area contributed by atoms with Crippen molar-refractivity contribution in [3.05, 3.63) is 41.6 Å². The number of ether oxygens (including phenoxy) is 1. The first-order valence-electron chi connectivity index (χ1n) is 10.8. The second kappa shape index (κ2) is 11.6. The van der Waals surface area contributed by atoms with Gasteiger partial charge in [-0.25, -0.2) is 4.98 Å². The van der Waals surface area contributed by atoms with Crippen molar-refractivity contribution in [1.82, 2.24) is 25.1 Å². The zero-order valence-electron chi connectivity index (χ0n) is 18.4. The number of fused-ring (bicyclic) bond motifs is 1. The van der Waals surface area contributed by atoms with E-state index in [1.807, 2.05) is 15.8 Å². The van der Waals surface area contributed by atoms with Crippen LogP contribution in [0.3, 0.4) is 0 Å². The zero-order chi connectivity index (χ0) is 22.1. The van der Waals surface area contributed by atoms with Crippen LogP contribution in [0, 0.1) is 0 Å². The number of aromatic nitrogens is 4. The average molecular weight is 428 g/mol. The molecule has 0 radical (unpaired) electrons. The molecule has 3 aromatic rings. The molecule has 3 rings (SSSR count). The van der Waals surface area contributed by atoms with E-state index in [0.717, 1.165) is 38.0 Å². The maximum Gasteiger partial charge on any atom is 0.222 e. The monoisotopic (exact) mass is 427 g/mol. The van der Waals surface area contributed by atoms with Gasteiger partial charge in [-0.15, -0.1) is 0 Å². The summed E-state index contributed by atoms with van der Waals surface area (Å²) in [5.74, 6) is 0.896. The zero-order valence-corrected chi connectivity index (χ0v) is 18.4. The van der Waals surface area contributed by atoms with Crippen molar-refractivity contribution in [2.75, 3.05) is 50.6 Å². The van der Waals surface area contributed by atoms with Crippen LogP contribution in [-0.4, -0.2) is 64.8 Å². The first-order valence-corrected chi connectivity index (χ1v) is 10.8. The number of rotatable bonds is 13. The standard InChI is InChI=1S/C22H33N7O2/c1-3-4-10-28(11-12-30)21-20-19(25-22(23)26-21)16-29(27-20)15-18-7-5-17(6-8-18)14-24-9-13-31-2/h5-8,16,24,30H,3-4,9-15H2,1-2H3,(H2,23,25). The van der Waals surface area contributed by atoms with Crippen LogP contribution in [0.25, 0.3) is 11.0 Å². The van der Waals surface area contributed by atoms with E-state index < -0.39 is 0 Å². The van der Waals surface area contributed by atoms with Crippen molar-refractivity contribution in [1.29, 1.82) is 0 Å². The Morgan fingerprint density at radius 3 is 2.65 bits per heavy atom. The Balaban J connectivity index is 1.76. The molecule has 0 bridgehead atoms. The van der Waals surface area contributed by atoms with Gasteiger partial charge in [0.25, 0.3) is 0 Å². The van der Waals surface area contributed by atoms with E-state index in [4.69, 9.17) is 15.6 Å². The van der Waals surface area contributed by atoms with Crippen molar-refractivity contribution >= 4 is 22.8 Å². The summed E-state index contributed by atoms with van der Waals surface area (Å²) in [7, 11) is 1.70. The van der Waals surface area contributed by atoms with E-state index in [2.05, 4.69) is 46.5 Å². The predicted octanol–water partition coefficient (Wildman–Crippen LogP) is 1.79. The second-order valence-electron chi connectivity index (χ2n) is 7.52. The number of unbranched alkanes of at least 4 members (excludes halogenated alkanes) is 1. The minimum atomic E-state index is 0.0441. The summed E-state index contributed by atoms with van der Waals surface area (Å²) in [6.45, 7) is 6.42. The van der Waals surface area contributed by atoms with Crippen LogP contribution in [0.2, 0.25) is 0 Å². The molecule has 2 aromatic heterocycles. The lowest BCUT2D eigenvalue weighted by Gasteiger charge is -2.22. The third kappa shape index (κ3) is 6.36. The highest BCUT2D eigenvalue weighted by Gasteiger charge is 2.17. The van der Waals surface area contributed by atoms with Crippen LogP contribution < -0.4 is 16.0 Å². The fourth-order valence-electron chi connectivity index (χ4n) is 3.41. The SMILES string of the molecule is CCCCN(CCO)c1nc(N)nc2cn(Cc3ccc(CNCCOC)cc3)nc12. The molecule has 1 aromatic carbocycles. The van der Waals surface area contributed by atoms with Gasteiger partial charge in [0, 0.05) is 33.3 Å². The number of nitrogens with one attached hydrogen (secondary N) is 1. The first kappa shape index (κ1) is 22.9. The topological polar surface area (TPSA) is 114 Å². The van der Waals surface area contributed by atoms with Crippen molar-refractivity contribution < 1.29 is 9.84 Å². The first-order chi connectivity index (χ1) is 15.1. The number of methoxy groups -OCH3 is 1. The summed E-state index contributed by atoms with van der Waals surface area (Å²) in [6, 6.07) is 8.46. The lowest BCUT2D eigenvalue weighted by Crippen LogP contribution is -2.29. The van der Waals surface area contributed by atoms with Gasteiger partial charge in [0.05, 0.1) is 26.0 Å². The van der Waals surface area contributed by atoms with E-state index >= 15 is 0 Å². The highest BCUT2D eigenvalue weighted by molar-refractivity contribution is 5.86. The van der Waals surface area contributed by atoms with E-state index in [9.17, 15) is 5.11 Å². The molecule has 0 fully saturated rings. The van der Waals surface area contributed by atoms with Crippen LogP contribution in [0.5, 0.6) is 0 Å². The number of benzene rings is 1. The molecule has 4 N–H and O–H groups in total. The van der Waals surface area contributed by atoms with Gasteiger partial charge in [0.2, 0.25) is 5.95 Å². The van der Waals surface area contributed by atoms with Crippen molar-refractivity contribution in [2.24, 2.45) is 0 Å². The summed E-state index contributed by atoms with van der Waals surface area (Å²) in [4.78, 5) is 10.8. The number of anilines is 2. The molecule has 9 nitrogen and oxygen atoms in total. The summed E-state index contributed by atoms with van der Waals surface area (Å²) < 4.78 is 6.91. The minimum Gasteiger partial charge on any atom is -0.395 e. The van der Waals surface area contributed by atoms with Crippen molar-refractivity contribution in [2.45, 2.75) is 32.9 Å². The summed E-state index contributed by atoms with van der Waals surface area (Å²) in [5.41, 5.74) is 9.75. The Hall–Kier alpha value is -2.75. The van der Waals surface area contributed by atoms with Gasteiger partial charge in [-0.05, 0) is 17.5 Å². The molecule has 0 spiro atoms. The lowest BCUT2D eigenvalue weighted by atomic mass is 10.1. The van der Waals surface area contributed by atoms with E-state index in [1.165, 1.54) is 5.56 Å². The Morgan fingerprint density at radius 2 is 1.94 bits per heavy atom. The largest absolute Gasteiger partial charge is 0.395 e. The fraction of sp³-hybridized carbons (Fsp3) is 0.500. The van der Waals surface area contributed by atoms with Gasteiger partial charge < -0.3 is 25.8 Å². The molecule has 0 saturated heterocycles. The van der Waals surface area contributed by atoms with Crippen LogP contribution in [0.4, 0.5) is 11.8 Å². The fourth-order valence-corrected chi connectivity index (χ4v) is 3.41. The third-order valence-corrected chi connectivity index (χ3v) is 5.04. The van der Waals surface area contributed by atoms with E-state index in [-0.39, 0.29) is 12.6 Å². The molecular weight excluding hydrogens is 394 g/mol. The van der Waals surface area contributed by atoms with Crippen LogP contribution in [0.1, 0.15) is 30.9 Å². The van der Waals surface area contributed by atoms with Gasteiger partial charge in [-0.3, -0.25) is 4.68 Å². The van der Waals surface area contributed by atoms with Crippen molar-refractivity contribution in [3.63, 3.8) is 0 Å². The second-order valence-corrected chi connectivity index (χ2v) is 7.52.